The maximum atomic E-state index is 5.56. The van der Waals surface area contributed by atoms with Crippen LogP contribution in [0.3, 0.4) is 0 Å². The summed E-state index contributed by atoms with van der Waals surface area (Å²) in [5, 5.41) is 6.56. The Hall–Kier alpha value is -1.53. The Balaban J connectivity index is 2.24. The van der Waals surface area contributed by atoms with Gasteiger partial charge in [-0.1, -0.05) is 13.8 Å². The van der Waals surface area contributed by atoms with E-state index in [1.807, 2.05) is 12.1 Å². The zero-order valence-electron chi connectivity index (χ0n) is 14.6. The minimum Gasteiger partial charge on any atom is -0.469 e. The van der Waals surface area contributed by atoms with Crippen molar-refractivity contribution in [1.82, 2.24) is 10.6 Å². The third kappa shape index (κ3) is 10.8. The normalized spacial score (nSPS) is 11.9. The second-order valence-corrected chi connectivity index (χ2v) is 5.73. The van der Waals surface area contributed by atoms with E-state index >= 15 is 0 Å². The molecule has 0 aromatic carbocycles. The van der Waals surface area contributed by atoms with Gasteiger partial charge in [0, 0.05) is 46.4 Å². The summed E-state index contributed by atoms with van der Waals surface area (Å²) in [4.78, 5) is 4.56. The first-order chi connectivity index (χ1) is 11.2. The van der Waals surface area contributed by atoms with Gasteiger partial charge in [0.2, 0.25) is 0 Å². The number of ether oxygens (including phenoxy) is 2. The van der Waals surface area contributed by atoms with Crippen molar-refractivity contribution >= 4 is 5.96 Å². The Kier molecular flexibility index (Phi) is 11.0. The van der Waals surface area contributed by atoms with E-state index in [1.165, 1.54) is 0 Å². The van der Waals surface area contributed by atoms with Crippen LogP contribution in [-0.2, 0) is 15.9 Å². The molecular formula is C17H31N3O3. The molecule has 0 fully saturated rings. The fraction of sp³-hybridized carbons (Fsp3) is 0.706. The molecule has 0 aliphatic carbocycles. The van der Waals surface area contributed by atoms with Gasteiger partial charge >= 0.3 is 0 Å². The van der Waals surface area contributed by atoms with E-state index in [2.05, 4.69) is 29.5 Å². The molecule has 0 amide bonds. The lowest BCUT2D eigenvalue weighted by molar-refractivity contribution is 0.109. The van der Waals surface area contributed by atoms with E-state index in [0.717, 1.165) is 57.4 Å². The molecular weight excluding hydrogens is 294 g/mol. The third-order valence-electron chi connectivity index (χ3n) is 3.01. The number of furan rings is 1. The maximum Gasteiger partial charge on any atom is 0.191 e. The molecule has 1 aromatic rings. The van der Waals surface area contributed by atoms with Gasteiger partial charge in [-0.05, 0) is 24.5 Å². The number of hydrogen-bond donors (Lipinski definition) is 2. The highest BCUT2D eigenvalue weighted by Crippen LogP contribution is 1.99. The van der Waals surface area contributed by atoms with Crippen LogP contribution in [0.25, 0.3) is 0 Å². The molecule has 0 aliphatic heterocycles. The van der Waals surface area contributed by atoms with E-state index in [4.69, 9.17) is 13.9 Å². The molecule has 6 nitrogen and oxygen atoms in total. The summed E-state index contributed by atoms with van der Waals surface area (Å²) in [5.41, 5.74) is 0. The molecule has 132 valence electrons. The Morgan fingerprint density at radius 3 is 2.78 bits per heavy atom. The van der Waals surface area contributed by atoms with Gasteiger partial charge in [0.05, 0.1) is 12.9 Å². The molecule has 0 unspecified atom stereocenters. The lowest BCUT2D eigenvalue weighted by Gasteiger charge is -2.12. The van der Waals surface area contributed by atoms with Gasteiger partial charge in [0.15, 0.2) is 5.96 Å². The number of methoxy groups -OCH3 is 1. The van der Waals surface area contributed by atoms with Crippen LogP contribution in [0.2, 0.25) is 0 Å². The van der Waals surface area contributed by atoms with Crippen molar-refractivity contribution < 1.29 is 13.9 Å². The highest BCUT2D eigenvalue weighted by molar-refractivity contribution is 5.79. The lowest BCUT2D eigenvalue weighted by Crippen LogP contribution is -2.40. The fourth-order valence-electron chi connectivity index (χ4n) is 1.88. The number of nitrogens with one attached hydrogen (secondary N) is 2. The summed E-state index contributed by atoms with van der Waals surface area (Å²) in [5.74, 6) is 2.35. The summed E-state index contributed by atoms with van der Waals surface area (Å²) in [7, 11) is 1.69. The van der Waals surface area contributed by atoms with E-state index in [9.17, 15) is 0 Å². The number of aliphatic imine (C=N–C) groups is 1. The third-order valence-corrected chi connectivity index (χ3v) is 3.01. The second kappa shape index (κ2) is 13.0. The molecule has 1 aromatic heterocycles. The van der Waals surface area contributed by atoms with Crippen LogP contribution in [0.1, 0.15) is 26.0 Å². The number of guanidine groups is 1. The predicted molar refractivity (Wildman–Crippen MR) is 92.9 cm³/mol. The van der Waals surface area contributed by atoms with Crippen LogP contribution in [0.15, 0.2) is 27.8 Å². The SMILES string of the molecule is COCCNC(=NCCCOCC(C)C)NCCc1ccco1. The largest absolute Gasteiger partial charge is 0.469 e. The molecule has 0 aliphatic rings. The second-order valence-electron chi connectivity index (χ2n) is 5.73. The van der Waals surface area contributed by atoms with Crippen molar-refractivity contribution in [3.63, 3.8) is 0 Å². The van der Waals surface area contributed by atoms with Crippen LogP contribution in [0.4, 0.5) is 0 Å². The quantitative estimate of drug-likeness (QED) is 0.350. The van der Waals surface area contributed by atoms with Gasteiger partial charge in [-0.2, -0.15) is 0 Å². The number of hydrogen-bond acceptors (Lipinski definition) is 4. The summed E-state index contributed by atoms with van der Waals surface area (Å²) in [6.07, 6.45) is 3.44. The zero-order chi connectivity index (χ0) is 16.8. The molecule has 0 atom stereocenters. The Morgan fingerprint density at radius 2 is 2.09 bits per heavy atom. The molecule has 2 N–H and O–H groups in total. The van der Waals surface area contributed by atoms with Gasteiger partial charge in [-0.3, -0.25) is 4.99 Å². The van der Waals surface area contributed by atoms with Crippen molar-refractivity contribution in [3.8, 4) is 0 Å². The molecule has 0 bridgehead atoms. The summed E-state index contributed by atoms with van der Waals surface area (Å²) in [6, 6.07) is 3.88. The van der Waals surface area contributed by atoms with Crippen LogP contribution in [-0.4, -0.2) is 52.5 Å². The monoisotopic (exact) mass is 325 g/mol. The molecule has 6 heteroatoms. The predicted octanol–water partition coefficient (Wildman–Crippen LogP) is 2.07. The van der Waals surface area contributed by atoms with Gasteiger partial charge in [-0.25, -0.2) is 0 Å². The summed E-state index contributed by atoms with van der Waals surface area (Å²) < 4.78 is 15.9. The standard InChI is InChI=1S/C17H31N3O3/c1-15(2)14-22-11-5-8-18-17(20-10-13-21-3)19-9-7-16-6-4-12-23-16/h4,6,12,15H,5,7-11,13-14H2,1-3H3,(H2,18,19,20). The fourth-order valence-corrected chi connectivity index (χ4v) is 1.88. The van der Waals surface area contributed by atoms with E-state index in [0.29, 0.717) is 12.5 Å². The van der Waals surface area contributed by atoms with Gasteiger partial charge in [-0.15, -0.1) is 0 Å². The highest BCUT2D eigenvalue weighted by atomic mass is 16.5. The summed E-state index contributed by atoms with van der Waals surface area (Å²) >= 11 is 0. The average molecular weight is 325 g/mol. The van der Waals surface area contributed by atoms with Crippen molar-refractivity contribution in [2.24, 2.45) is 10.9 Å². The zero-order valence-corrected chi connectivity index (χ0v) is 14.6. The molecule has 0 spiro atoms. The first-order valence-corrected chi connectivity index (χ1v) is 8.33. The maximum absolute atomic E-state index is 5.56. The van der Waals surface area contributed by atoms with Crippen molar-refractivity contribution in [1.29, 1.82) is 0 Å². The topological polar surface area (TPSA) is 68.0 Å². The van der Waals surface area contributed by atoms with Gasteiger partial charge in [0.1, 0.15) is 5.76 Å². The molecule has 1 heterocycles. The number of rotatable bonds is 12. The molecule has 1 rings (SSSR count). The summed E-state index contributed by atoms with van der Waals surface area (Å²) in [6.45, 7) is 8.75. The molecule has 0 saturated carbocycles. The average Bonchev–Trinajstić information content (AvgIpc) is 3.03. The first kappa shape index (κ1) is 19.5. The molecule has 23 heavy (non-hydrogen) atoms. The molecule has 0 saturated heterocycles. The van der Waals surface area contributed by atoms with Crippen molar-refractivity contribution in [3.05, 3.63) is 24.2 Å². The minimum atomic E-state index is 0.577. The van der Waals surface area contributed by atoms with Crippen LogP contribution in [0, 0.1) is 5.92 Å². The lowest BCUT2D eigenvalue weighted by atomic mass is 10.2. The van der Waals surface area contributed by atoms with E-state index in [-0.39, 0.29) is 0 Å². The smallest absolute Gasteiger partial charge is 0.191 e. The minimum absolute atomic E-state index is 0.577. The Morgan fingerprint density at radius 1 is 1.26 bits per heavy atom. The van der Waals surface area contributed by atoms with Gasteiger partial charge < -0.3 is 24.5 Å². The number of nitrogens with zero attached hydrogens (tertiary/aromatic N) is 1. The van der Waals surface area contributed by atoms with Crippen LogP contribution >= 0.6 is 0 Å². The van der Waals surface area contributed by atoms with Crippen molar-refractivity contribution in [2.45, 2.75) is 26.7 Å². The molecule has 0 radical (unpaired) electrons. The van der Waals surface area contributed by atoms with Crippen LogP contribution < -0.4 is 10.6 Å². The Bertz CT molecular complexity index is 405. The van der Waals surface area contributed by atoms with Crippen LogP contribution in [0.5, 0.6) is 0 Å². The van der Waals surface area contributed by atoms with Crippen molar-refractivity contribution in [2.75, 3.05) is 46.6 Å². The first-order valence-electron chi connectivity index (χ1n) is 8.33. The van der Waals surface area contributed by atoms with E-state index in [1.54, 1.807) is 13.4 Å². The Labute approximate surface area is 139 Å². The highest BCUT2D eigenvalue weighted by Gasteiger charge is 2.00. The van der Waals surface area contributed by atoms with Gasteiger partial charge in [0.25, 0.3) is 0 Å². The van der Waals surface area contributed by atoms with E-state index < -0.39 is 0 Å².